The van der Waals surface area contributed by atoms with Crippen molar-refractivity contribution in [2.75, 3.05) is 25.6 Å². The second-order valence-corrected chi connectivity index (χ2v) is 7.59. The van der Waals surface area contributed by atoms with Crippen molar-refractivity contribution in [3.63, 3.8) is 0 Å². The van der Waals surface area contributed by atoms with Gasteiger partial charge in [-0.05, 0) is 37.9 Å². The number of thiol groups is 1. The van der Waals surface area contributed by atoms with Gasteiger partial charge in [0.15, 0.2) is 0 Å². The number of rotatable bonds is 13. The summed E-state index contributed by atoms with van der Waals surface area (Å²) in [5, 5.41) is 0. The average Bonchev–Trinajstić information content (AvgIpc) is 2.40. The van der Waals surface area contributed by atoms with Gasteiger partial charge in [-0.2, -0.15) is 12.6 Å². The smallest absolute Gasteiger partial charge is 0.373 e. The molecule has 0 rings (SSSR count). The molecule has 0 aromatic heterocycles. The molecule has 0 saturated carbocycles. The lowest BCUT2D eigenvalue weighted by Crippen LogP contribution is -2.46. The molecule has 18 heavy (non-hydrogen) atoms. The SMILES string of the molecule is CCCO[Si](CCCCS)(OCCC)OCCC. The first-order valence-corrected chi connectivity index (χ1v) is 9.83. The third-order valence-corrected chi connectivity index (χ3v) is 5.68. The predicted octanol–water partition coefficient (Wildman–Crippen LogP) is 3.92. The van der Waals surface area contributed by atoms with E-state index in [1.54, 1.807) is 0 Å². The molecule has 0 fully saturated rings. The van der Waals surface area contributed by atoms with Crippen LogP contribution in [0.2, 0.25) is 6.04 Å². The second kappa shape index (κ2) is 12.5. The van der Waals surface area contributed by atoms with Gasteiger partial charge in [-0.3, -0.25) is 0 Å². The molecule has 0 aliphatic heterocycles. The Morgan fingerprint density at radius 2 is 1.22 bits per heavy atom. The summed E-state index contributed by atoms with van der Waals surface area (Å²) in [6.07, 6.45) is 5.19. The zero-order valence-corrected chi connectivity index (χ0v) is 14.1. The van der Waals surface area contributed by atoms with E-state index in [-0.39, 0.29) is 0 Å². The van der Waals surface area contributed by atoms with Crippen LogP contribution in [0.25, 0.3) is 0 Å². The highest BCUT2D eigenvalue weighted by Crippen LogP contribution is 2.20. The Balaban J connectivity index is 4.41. The van der Waals surface area contributed by atoms with Crippen LogP contribution in [0.1, 0.15) is 52.9 Å². The lowest BCUT2D eigenvalue weighted by atomic mass is 10.4. The lowest BCUT2D eigenvalue weighted by Gasteiger charge is -2.29. The molecule has 0 N–H and O–H groups in total. The van der Waals surface area contributed by atoms with Crippen molar-refractivity contribution in [1.29, 1.82) is 0 Å². The predicted molar refractivity (Wildman–Crippen MR) is 82.4 cm³/mol. The van der Waals surface area contributed by atoms with Crippen LogP contribution < -0.4 is 0 Å². The van der Waals surface area contributed by atoms with E-state index in [4.69, 9.17) is 13.3 Å². The normalized spacial score (nSPS) is 12.0. The van der Waals surface area contributed by atoms with E-state index in [9.17, 15) is 0 Å². The number of unbranched alkanes of at least 4 members (excludes halogenated alkanes) is 1. The molecule has 0 aromatic rings. The molecule has 0 radical (unpaired) electrons. The van der Waals surface area contributed by atoms with Gasteiger partial charge < -0.3 is 13.3 Å². The topological polar surface area (TPSA) is 27.7 Å². The van der Waals surface area contributed by atoms with Crippen molar-refractivity contribution in [1.82, 2.24) is 0 Å². The van der Waals surface area contributed by atoms with Crippen LogP contribution in [0.4, 0.5) is 0 Å². The first-order valence-electron chi connectivity index (χ1n) is 7.27. The molecule has 0 bridgehead atoms. The Morgan fingerprint density at radius 3 is 1.56 bits per heavy atom. The minimum atomic E-state index is -2.43. The van der Waals surface area contributed by atoms with Crippen LogP contribution in [0.15, 0.2) is 0 Å². The number of hydrogen-bond donors (Lipinski definition) is 1. The zero-order chi connectivity index (χ0) is 13.7. The van der Waals surface area contributed by atoms with Crippen molar-refractivity contribution < 1.29 is 13.3 Å². The quantitative estimate of drug-likeness (QED) is 0.317. The van der Waals surface area contributed by atoms with E-state index in [0.717, 1.165) is 63.7 Å². The van der Waals surface area contributed by atoms with Crippen LogP contribution in [0.3, 0.4) is 0 Å². The molecule has 0 aliphatic carbocycles. The van der Waals surface area contributed by atoms with Crippen molar-refractivity contribution in [3.05, 3.63) is 0 Å². The molecule has 110 valence electrons. The first-order chi connectivity index (χ1) is 8.74. The Morgan fingerprint density at radius 1 is 0.778 bits per heavy atom. The fourth-order valence-corrected chi connectivity index (χ4v) is 4.70. The van der Waals surface area contributed by atoms with E-state index in [1.807, 2.05) is 0 Å². The maximum Gasteiger partial charge on any atom is 0.500 e. The first kappa shape index (κ1) is 18.4. The minimum Gasteiger partial charge on any atom is -0.373 e. The fourth-order valence-electron chi connectivity index (χ4n) is 1.57. The maximum absolute atomic E-state index is 6.00. The molecule has 0 unspecified atom stereocenters. The Kier molecular flexibility index (Phi) is 12.8. The summed E-state index contributed by atoms with van der Waals surface area (Å²) < 4.78 is 18.0. The van der Waals surface area contributed by atoms with E-state index in [0.29, 0.717) is 0 Å². The lowest BCUT2D eigenvalue weighted by molar-refractivity contribution is 0.0587. The maximum atomic E-state index is 6.00. The van der Waals surface area contributed by atoms with Crippen molar-refractivity contribution >= 4 is 21.4 Å². The average molecular weight is 295 g/mol. The van der Waals surface area contributed by atoms with Gasteiger partial charge in [0.2, 0.25) is 0 Å². The fraction of sp³-hybridized carbons (Fsp3) is 1.00. The van der Waals surface area contributed by atoms with E-state index < -0.39 is 8.80 Å². The molecule has 0 heterocycles. The summed E-state index contributed by atoms with van der Waals surface area (Å²) in [5.41, 5.74) is 0. The molecule has 0 amide bonds. The third-order valence-electron chi connectivity index (χ3n) is 2.47. The summed E-state index contributed by atoms with van der Waals surface area (Å²) in [6, 6.07) is 0.924. The molecule has 0 spiro atoms. The van der Waals surface area contributed by atoms with E-state index in [1.165, 1.54) is 0 Å². The molecule has 5 heteroatoms. The van der Waals surface area contributed by atoms with Gasteiger partial charge in [-0.15, -0.1) is 0 Å². The Hall–Kier alpha value is 0.447. The standard InChI is InChI=1S/C13H30O3SSi/c1-4-9-14-18(15-10-5-2,16-11-6-3)13-8-7-12-17/h17H,4-13H2,1-3H3. The summed E-state index contributed by atoms with van der Waals surface area (Å²) in [5.74, 6) is 0.916. The molecular weight excluding hydrogens is 264 g/mol. The Bertz CT molecular complexity index is 160. The molecule has 0 saturated heterocycles. The monoisotopic (exact) mass is 294 g/mol. The van der Waals surface area contributed by atoms with Gasteiger partial charge in [0.1, 0.15) is 0 Å². The highest BCUT2D eigenvalue weighted by atomic mass is 32.1. The van der Waals surface area contributed by atoms with Gasteiger partial charge in [0, 0.05) is 25.9 Å². The summed E-state index contributed by atoms with van der Waals surface area (Å²) in [6.45, 7) is 8.56. The van der Waals surface area contributed by atoms with Crippen molar-refractivity contribution in [3.8, 4) is 0 Å². The molecule has 0 atom stereocenters. The zero-order valence-electron chi connectivity index (χ0n) is 12.2. The highest BCUT2D eigenvalue weighted by molar-refractivity contribution is 7.80. The minimum absolute atomic E-state index is 0.737. The van der Waals surface area contributed by atoms with Gasteiger partial charge >= 0.3 is 8.80 Å². The van der Waals surface area contributed by atoms with Crippen LogP contribution in [0, 0.1) is 0 Å². The van der Waals surface area contributed by atoms with Gasteiger partial charge in [-0.1, -0.05) is 20.8 Å². The number of hydrogen-bond acceptors (Lipinski definition) is 4. The molecule has 0 aliphatic rings. The molecular formula is C13H30O3SSi. The Labute approximate surface area is 119 Å². The highest BCUT2D eigenvalue weighted by Gasteiger charge is 2.40. The van der Waals surface area contributed by atoms with Gasteiger partial charge in [0.05, 0.1) is 0 Å². The van der Waals surface area contributed by atoms with E-state index in [2.05, 4.69) is 33.4 Å². The van der Waals surface area contributed by atoms with Crippen molar-refractivity contribution in [2.45, 2.75) is 58.9 Å². The summed E-state index contributed by atoms with van der Waals surface area (Å²) in [7, 11) is -2.43. The molecule has 3 nitrogen and oxygen atoms in total. The molecule has 0 aromatic carbocycles. The van der Waals surface area contributed by atoms with Gasteiger partial charge in [0.25, 0.3) is 0 Å². The summed E-state index contributed by atoms with van der Waals surface area (Å²) >= 11 is 4.26. The van der Waals surface area contributed by atoms with Crippen LogP contribution in [-0.2, 0) is 13.3 Å². The van der Waals surface area contributed by atoms with Crippen LogP contribution in [0.5, 0.6) is 0 Å². The van der Waals surface area contributed by atoms with Crippen LogP contribution >= 0.6 is 12.6 Å². The van der Waals surface area contributed by atoms with Crippen LogP contribution in [-0.4, -0.2) is 34.4 Å². The summed E-state index contributed by atoms with van der Waals surface area (Å²) in [4.78, 5) is 0. The van der Waals surface area contributed by atoms with Crippen molar-refractivity contribution in [2.24, 2.45) is 0 Å². The second-order valence-electron chi connectivity index (χ2n) is 4.41. The van der Waals surface area contributed by atoms with Gasteiger partial charge in [-0.25, -0.2) is 0 Å². The van der Waals surface area contributed by atoms with E-state index >= 15 is 0 Å². The largest absolute Gasteiger partial charge is 0.500 e. The third kappa shape index (κ3) is 8.53.